The number of benzene rings is 1. The molecule has 8 heteroatoms. The van der Waals surface area contributed by atoms with Crippen molar-refractivity contribution >= 4 is 17.6 Å². The number of nitrogens with one attached hydrogen (secondary N) is 2. The Bertz CT molecular complexity index is 730. The van der Waals surface area contributed by atoms with Crippen LogP contribution in [0.25, 0.3) is 5.69 Å². The zero-order valence-electron chi connectivity index (χ0n) is 12.3. The summed E-state index contributed by atoms with van der Waals surface area (Å²) in [5.74, 6) is -0.522. The molecule has 2 N–H and O–H groups in total. The van der Waals surface area contributed by atoms with Crippen LogP contribution in [0.2, 0.25) is 0 Å². The van der Waals surface area contributed by atoms with Gasteiger partial charge in [-0.15, -0.1) is 0 Å². The van der Waals surface area contributed by atoms with Crippen molar-refractivity contribution in [1.29, 1.82) is 0 Å². The number of aryl methyl sites for hydroxylation is 1. The number of rotatable bonds is 5. The standard InChI is InChI=1S/C14H16N4O4/c1-3-22-13(20)8-12(19)16-10-4-6-11(7-5-10)18-14(21)15-9(2)17-18/h4-7H,3,8H2,1-2H3,(H,16,19)(H,15,17,21). The highest BCUT2D eigenvalue weighted by atomic mass is 16.5. The quantitative estimate of drug-likeness (QED) is 0.626. The SMILES string of the molecule is CCOC(=O)CC(=O)Nc1ccc(-n2nc(C)[nH]c2=O)cc1. The van der Waals surface area contributed by atoms with E-state index in [9.17, 15) is 14.4 Å². The van der Waals surface area contributed by atoms with Gasteiger partial charge < -0.3 is 10.1 Å². The van der Waals surface area contributed by atoms with Crippen molar-refractivity contribution in [2.45, 2.75) is 20.3 Å². The Labute approximate surface area is 126 Å². The van der Waals surface area contributed by atoms with Crippen molar-refractivity contribution in [3.8, 4) is 5.69 Å². The van der Waals surface area contributed by atoms with Gasteiger partial charge in [-0.25, -0.2) is 4.79 Å². The number of H-pyrrole nitrogens is 1. The molecule has 0 fully saturated rings. The number of esters is 1. The van der Waals surface area contributed by atoms with E-state index in [0.717, 1.165) is 0 Å². The molecule has 116 valence electrons. The van der Waals surface area contributed by atoms with Crippen LogP contribution in [0.3, 0.4) is 0 Å². The third kappa shape index (κ3) is 3.81. The van der Waals surface area contributed by atoms with E-state index in [2.05, 4.69) is 15.4 Å². The van der Waals surface area contributed by atoms with Gasteiger partial charge in [-0.1, -0.05) is 0 Å². The van der Waals surface area contributed by atoms with Crippen LogP contribution in [0, 0.1) is 6.92 Å². The zero-order chi connectivity index (χ0) is 16.1. The van der Waals surface area contributed by atoms with Gasteiger partial charge in [0.1, 0.15) is 12.2 Å². The van der Waals surface area contributed by atoms with E-state index in [1.807, 2.05) is 0 Å². The van der Waals surface area contributed by atoms with E-state index in [-0.39, 0.29) is 18.7 Å². The van der Waals surface area contributed by atoms with Crippen LogP contribution in [0.4, 0.5) is 5.69 Å². The molecule has 0 saturated heterocycles. The molecule has 1 aromatic heterocycles. The summed E-state index contributed by atoms with van der Waals surface area (Å²) < 4.78 is 5.91. The zero-order valence-corrected chi connectivity index (χ0v) is 12.3. The first-order valence-electron chi connectivity index (χ1n) is 6.71. The van der Waals surface area contributed by atoms with Crippen LogP contribution in [-0.2, 0) is 14.3 Å². The van der Waals surface area contributed by atoms with E-state index < -0.39 is 11.9 Å². The average Bonchev–Trinajstić information content (AvgIpc) is 2.78. The minimum Gasteiger partial charge on any atom is -0.466 e. The number of hydrogen-bond acceptors (Lipinski definition) is 5. The lowest BCUT2D eigenvalue weighted by atomic mass is 10.2. The molecule has 8 nitrogen and oxygen atoms in total. The highest BCUT2D eigenvalue weighted by molar-refractivity contribution is 6.01. The Kier molecular flexibility index (Phi) is 4.72. The second-order valence-electron chi connectivity index (χ2n) is 4.50. The van der Waals surface area contributed by atoms with Gasteiger partial charge >= 0.3 is 11.7 Å². The van der Waals surface area contributed by atoms with E-state index >= 15 is 0 Å². The summed E-state index contributed by atoms with van der Waals surface area (Å²) in [5, 5.41) is 6.61. The van der Waals surface area contributed by atoms with Gasteiger partial charge in [-0.3, -0.25) is 14.6 Å². The monoisotopic (exact) mass is 304 g/mol. The molecular weight excluding hydrogens is 288 g/mol. The van der Waals surface area contributed by atoms with Crippen LogP contribution >= 0.6 is 0 Å². The summed E-state index contributed by atoms with van der Waals surface area (Å²) in [6.45, 7) is 3.59. The molecule has 0 spiro atoms. The van der Waals surface area contributed by atoms with E-state index in [0.29, 0.717) is 17.2 Å². The molecule has 0 aliphatic rings. The molecule has 0 radical (unpaired) electrons. The summed E-state index contributed by atoms with van der Waals surface area (Å²) >= 11 is 0. The Morgan fingerprint density at radius 3 is 2.55 bits per heavy atom. The maximum Gasteiger partial charge on any atom is 0.348 e. The largest absolute Gasteiger partial charge is 0.466 e. The highest BCUT2D eigenvalue weighted by Gasteiger charge is 2.10. The smallest absolute Gasteiger partial charge is 0.348 e. The van der Waals surface area contributed by atoms with Crippen LogP contribution in [0.15, 0.2) is 29.1 Å². The number of aromatic nitrogens is 3. The molecule has 1 aromatic carbocycles. The molecule has 0 aliphatic heterocycles. The second-order valence-corrected chi connectivity index (χ2v) is 4.50. The number of anilines is 1. The summed E-state index contributed by atoms with van der Waals surface area (Å²) in [5.41, 5.74) is 0.743. The van der Waals surface area contributed by atoms with Crippen molar-refractivity contribution in [1.82, 2.24) is 14.8 Å². The summed E-state index contributed by atoms with van der Waals surface area (Å²) in [7, 11) is 0. The highest BCUT2D eigenvalue weighted by Crippen LogP contribution is 2.11. The summed E-state index contributed by atoms with van der Waals surface area (Å²) in [6, 6.07) is 6.52. The molecule has 22 heavy (non-hydrogen) atoms. The van der Waals surface area contributed by atoms with Crippen molar-refractivity contribution in [2.75, 3.05) is 11.9 Å². The Morgan fingerprint density at radius 2 is 2.00 bits per heavy atom. The third-order valence-corrected chi connectivity index (χ3v) is 2.74. The van der Waals surface area contributed by atoms with Gasteiger partial charge in [-0.05, 0) is 38.1 Å². The van der Waals surface area contributed by atoms with E-state index in [4.69, 9.17) is 4.74 Å². The Hall–Kier alpha value is -2.90. The molecule has 0 saturated carbocycles. The molecule has 0 aliphatic carbocycles. The molecule has 1 heterocycles. The van der Waals surface area contributed by atoms with Gasteiger partial charge in [0.2, 0.25) is 5.91 Å². The molecule has 1 amide bonds. The predicted octanol–water partition coefficient (Wildman–Crippen LogP) is 0.761. The number of carbonyl (C=O) groups excluding carboxylic acids is 2. The fourth-order valence-electron chi connectivity index (χ4n) is 1.84. The van der Waals surface area contributed by atoms with Gasteiger partial charge in [0.25, 0.3) is 0 Å². The lowest BCUT2D eigenvalue weighted by molar-refractivity contribution is -0.145. The topological polar surface area (TPSA) is 106 Å². The molecular formula is C14H16N4O4. The van der Waals surface area contributed by atoms with E-state index in [1.54, 1.807) is 38.1 Å². The van der Waals surface area contributed by atoms with Gasteiger partial charge in [-0.2, -0.15) is 9.78 Å². The number of nitrogens with zero attached hydrogens (tertiary/aromatic N) is 2. The second kappa shape index (κ2) is 6.70. The minimum absolute atomic E-state index is 0.235. The van der Waals surface area contributed by atoms with E-state index in [1.165, 1.54) is 4.68 Å². The fraction of sp³-hybridized carbons (Fsp3) is 0.286. The van der Waals surface area contributed by atoms with Crippen LogP contribution in [0.5, 0.6) is 0 Å². The normalized spacial score (nSPS) is 10.3. The molecule has 0 bridgehead atoms. The van der Waals surface area contributed by atoms with Crippen molar-refractivity contribution < 1.29 is 14.3 Å². The van der Waals surface area contributed by atoms with Crippen molar-refractivity contribution in [2.24, 2.45) is 0 Å². The van der Waals surface area contributed by atoms with Crippen LogP contribution in [-0.4, -0.2) is 33.2 Å². The molecule has 2 rings (SSSR count). The lowest BCUT2D eigenvalue weighted by Crippen LogP contribution is -2.18. The first-order chi connectivity index (χ1) is 10.5. The average molecular weight is 304 g/mol. The number of amides is 1. The molecule has 0 atom stereocenters. The Morgan fingerprint density at radius 1 is 1.32 bits per heavy atom. The maximum absolute atomic E-state index is 11.6. The van der Waals surface area contributed by atoms with Crippen molar-refractivity contribution in [3.63, 3.8) is 0 Å². The van der Waals surface area contributed by atoms with Crippen LogP contribution in [0.1, 0.15) is 19.2 Å². The number of ether oxygens (including phenoxy) is 1. The van der Waals surface area contributed by atoms with Gasteiger partial charge in [0.15, 0.2) is 0 Å². The summed E-state index contributed by atoms with van der Waals surface area (Å²) in [6.07, 6.45) is -0.340. The number of aromatic amines is 1. The van der Waals surface area contributed by atoms with Crippen LogP contribution < -0.4 is 11.0 Å². The predicted molar refractivity (Wildman–Crippen MR) is 78.8 cm³/mol. The molecule has 0 unspecified atom stereocenters. The van der Waals surface area contributed by atoms with Crippen molar-refractivity contribution in [3.05, 3.63) is 40.6 Å². The first kappa shape index (κ1) is 15.5. The molecule has 2 aromatic rings. The summed E-state index contributed by atoms with van der Waals surface area (Å²) in [4.78, 5) is 37.0. The maximum atomic E-state index is 11.6. The fourth-order valence-corrected chi connectivity index (χ4v) is 1.84. The minimum atomic E-state index is -0.574. The Balaban J connectivity index is 2.03. The van der Waals surface area contributed by atoms with Gasteiger partial charge in [0, 0.05) is 5.69 Å². The lowest BCUT2D eigenvalue weighted by Gasteiger charge is -2.06. The van der Waals surface area contributed by atoms with Gasteiger partial charge in [0.05, 0.1) is 12.3 Å². The first-order valence-corrected chi connectivity index (χ1v) is 6.71. The number of hydrogen-bond donors (Lipinski definition) is 2. The third-order valence-electron chi connectivity index (χ3n) is 2.74. The number of carbonyl (C=O) groups is 2.